The number of aliphatic imine (C=N–C) groups is 1. The minimum absolute atomic E-state index is 0.0501. The number of hydrogen-bond donors (Lipinski definition) is 1. The van der Waals surface area contributed by atoms with E-state index in [2.05, 4.69) is 38.2 Å². The molecule has 4 nitrogen and oxygen atoms in total. The van der Waals surface area contributed by atoms with Crippen LogP contribution in [0.3, 0.4) is 0 Å². The highest BCUT2D eigenvalue weighted by atomic mass is 16.1. The average Bonchev–Trinajstić information content (AvgIpc) is 3.12. The summed E-state index contributed by atoms with van der Waals surface area (Å²) in [4.78, 5) is 16.3. The molecule has 29 heavy (non-hydrogen) atoms. The Morgan fingerprint density at radius 1 is 1.00 bits per heavy atom. The van der Waals surface area contributed by atoms with Crippen molar-refractivity contribution in [1.82, 2.24) is 5.32 Å². The van der Waals surface area contributed by atoms with Crippen LogP contribution >= 0.6 is 0 Å². The van der Waals surface area contributed by atoms with Gasteiger partial charge in [0.15, 0.2) is 12.0 Å². The van der Waals surface area contributed by atoms with Crippen molar-refractivity contribution < 1.29 is 9.28 Å². The van der Waals surface area contributed by atoms with Gasteiger partial charge in [0.25, 0.3) is 0 Å². The van der Waals surface area contributed by atoms with Gasteiger partial charge in [0.05, 0.1) is 13.1 Å². The molecule has 0 aromatic rings. The lowest BCUT2D eigenvalue weighted by molar-refractivity contribution is -0.861. The van der Waals surface area contributed by atoms with Crippen molar-refractivity contribution in [2.45, 2.75) is 117 Å². The number of amidine groups is 1. The molecule has 2 unspecified atom stereocenters. The Balaban J connectivity index is 2.13. The Hall–Kier alpha value is -1.16. The van der Waals surface area contributed by atoms with Crippen LogP contribution in [-0.4, -0.2) is 42.0 Å². The fourth-order valence-electron chi connectivity index (χ4n) is 4.57. The van der Waals surface area contributed by atoms with Gasteiger partial charge in [-0.25, -0.2) is 4.99 Å². The third-order valence-corrected chi connectivity index (χ3v) is 6.44. The molecule has 0 saturated carbocycles. The van der Waals surface area contributed by atoms with Gasteiger partial charge in [-0.1, -0.05) is 70.4 Å². The summed E-state index contributed by atoms with van der Waals surface area (Å²) in [6.07, 6.45) is 22.0. The number of allylic oxidation sites excluding steroid dienone is 2. The lowest BCUT2D eigenvalue weighted by Gasteiger charge is -2.39. The number of rotatable bonds is 17. The van der Waals surface area contributed by atoms with Crippen LogP contribution in [0.15, 0.2) is 17.1 Å². The Kier molecular flexibility index (Phi) is 14.0. The van der Waals surface area contributed by atoms with Gasteiger partial charge in [0, 0.05) is 20.3 Å². The van der Waals surface area contributed by atoms with E-state index in [1.165, 1.54) is 70.0 Å². The minimum Gasteiger partial charge on any atom is -0.307 e. The van der Waals surface area contributed by atoms with Crippen molar-refractivity contribution >= 4 is 11.7 Å². The summed E-state index contributed by atoms with van der Waals surface area (Å²) in [5, 5.41) is 3.10. The molecule has 0 bridgehead atoms. The van der Waals surface area contributed by atoms with Crippen LogP contribution in [0.25, 0.3) is 0 Å². The molecule has 168 valence electrons. The van der Waals surface area contributed by atoms with Gasteiger partial charge in [-0.15, -0.1) is 0 Å². The number of quaternary nitrogens is 1. The Morgan fingerprint density at radius 3 is 2.17 bits per heavy atom. The summed E-state index contributed by atoms with van der Waals surface area (Å²) in [6, 6.07) is 0. The molecule has 1 amide bonds. The van der Waals surface area contributed by atoms with Crippen molar-refractivity contribution in [1.29, 1.82) is 0 Å². The monoisotopic (exact) mass is 406 g/mol. The summed E-state index contributed by atoms with van der Waals surface area (Å²) in [5.74, 6) is 1.33. The standard InChI is InChI=1S/C25H47N3O/c1-5-7-8-9-10-11-12-13-14-15-16-17-18-19-20-25-26-21-22-28(25,6-2)23(3)27-24(4)29/h16-17,23H,5-15,18-22H2,1-4H3/p+1/b17-16+. The molecule has 0 aromatic heterocycles. The predicted molar refractivity (Wildman–Crippen MR) is 126 cm³/mol. The second kappa shape index (κ2) is 15.6. The summed E-state index contributed by atoms with van der Waals surface area (Å²) in [5.41, 5.74) is 0. The second-order valence-electron chi connectivity index (χ2n) is 8.73. The smallest absolute Gasteiger partial charge is 0.221 e. The fraction of sp³-hybridized carbons (Fsp3) is 0.840. The van der Waals surface area contributed by atoms with E-state index < -0.39 is 0 Å². The number of carbonyl (C=O) groups is 1. The molecule has 0 fully saturated rings. The van der Waals surface area contributed by atoms with Crippen molar-refractivity contribution in [2.75, 3.05) is 19.6 Å². The maximum Gasteiger partial charge on any atom is 0.221 e. The van der Waals surface area contributed by atoms with E-state index in [0.717, 1.165) is 43.4 Å². The largest absolute Gasteiger partial charge is 0.307 e. The first-order valence-corrected chi connectivity index (χ1v) is 12.4. The molecule has 1 aliphatic rings. The number of carbonyl (C=O) groups excluding carboxylic acids is 1. The quantitative estimate of drug-likeness (QED) is 0.170. The second-order valence-corrected chi connectivity index (χ2v) is 8.73. The number of unbranched alkanes of at least 4 members (excludes halogenated alkanes) is 10. The molecule has 1 rings (SSSR count). The zero-order valence-electron chi connectivity index (χ0n) is 19.8. The Labute approximate surface area is 180 Å². The summed E-state index contributed by atoms with van der Waals surface area (Å²) >= 11 is 0. The SMILES string of the molecule is CCCCCCCCCCC/C=C/CCCC1=NCC[N+]1(CC)C(C)NC(C)=O. The maximum absolute atomic E-state index is 11.5. The molecule has 0 spiro atoms. The molecule has 0 aliphatic carbocycles. The van der Waals surface area contributed by atoms with E-state index in [1.807, 2.05) is 0 Å². The minimum atomic E-state index is 0.0501. The van der Waals surface area contributed by atoms with Crippen molar-refractivity contribution in [3.8, 4) is 0 Å². The number of hydrogen-bond acceptors (Lipinski definition) is 2. The van der Waals surface area contributed by atoms with Gasteiger partial charge < -0.3 is 5.32 Å². The summed E-state index contributed by atoms with van der Waals surface area (Å²) in [7, 11) is 0. The van der Waals surface area contributed by atoms with Crippen LogP contribution in [0.5, 0.6) is 0 Å². The average molecular weight is 407 g/mol. The van der Waals surface area contributed by atoms with Gasteiger partial charge in [-0.2, -0.15) is 0 Å². The molecule has 0 aromatic carbocycles. The third-order valence-electron chi connectivity index (χ3n) is 6.44. The number of nitrogens with one attached hydrogen (secondary N) is 1. The first kappa shape index (κ1) is 25.9. The van der Waals surface area contributed by atoms with E-state index in [4.69, 9.17) is 4.99 Å². The van der Waals surface area contributed by atoms with Crippen LogP contribution in [-0.2, 0) is 4.79 Å². The van der Waals surface area contributed by atoms with Crippen LogP contribution in [0.2, 0.25) is 0 Å². The highest BCUT2D eigenvalue weighted by Gasteiger charge is 2.41. The van der Waals surface area contributed by atoms with Crippen molar-refractivity contribution in [3.05, 3.63) is 12.2 Å². The third kappa shape index (κ3) is 9.93. The van der Waals surface area contributed by atoms with Crippen molar-refractivity contribution in [3.63, 3.8) is 0 Å². The zero-order valence-corrected chi connectivity index (χ0v) is 19.8. The molecule has 1 aliphatic heterocycles. The van der Waals surface area contributed by atoms with Crippen LogP contribution in [0.1, 0.15) is 111 Å². The van der Waals surface area contributed by atoms with Gasteiger partial charge in [0.1, 0.15) is 6.54 Å². The maximum atomic E-state index is 11.5. The van der Waals surface area contributed by atoms with E-state index >= 15 is 0 Å². The Morgan fingerprint density at radius 2 is 1.59 bits per heavy atom. The number of likely N-dealkylation sites (N-methyl/N-ethyl adjacent to an activating group) is 1. The molecular weight excluding hydrogens is 358 g/mol. The fourth-order valence-corrected chi connectivity index (χ4v) is 4.57. The van der Waals surface area contributed by atoms with Gasteiger partial charge in [-0.05, 0) is 32.6 Å². The molecule has 0 radical (unpaired) electrons. The normalized spacial score (nSPS) is 20.2. The lowest BCUT2D eigenvalue weighted by atomic mass is 10.1. The number of nitrogens with zero attached hydrogens (tertiary/aromatic N) is 2. The Bertz CT molecular complexity index is 500. The van der Waals surface area contributed by atoms with E-state index in [-0.39, 0.29) is 12.1 Å². The molecule has 1 N–H and O–H groups in total. The van der Waals surface area contributed by atoms with Gasteiger partial charge in [0.2, 0.25) is 5.91 Å². The van der Waals surface area contributed by atoms with E-state index in [0.29, 0.717) is 0 Å². The van der Waals surface area contributed by atoms with Crippen LogP contribution < -0.4 is 5.32 Å². The van der Waals surface area contributed by atoms with Crippen LogP contribution in [0.4, 0.5) is 0 Å². The number of amides is 1. The molecule has 0 saturated heterocycles. The van der Waals surface area contributed by atoms with Gasteiger partial charge >= 0.3 is 0 Å². The van der Waals surface area contributed by atoms with Crippen molar-refractivity contribution in [2.24, 2.45) is 4.99 Å². The highest BCUT2D eigenvalue weighted by molar-refractivity contribution is 5.78. The molecular formula is C25H48N3O+. The predicted octanol–water partition coefficient (Wildman–Crippen LogP) is 6.36. The van der Waals surface area contributed by atoms with Gasteiger partial charge in [-0.3, -0.25) is 9.28 Å². The van der Waals surface area contributed by atoms with E-state index in [9.17, 15) is 4.79 Å². The first-order valence-electron chi connectivity index (χ1n) is 12.4. The summed E-state index contributed by atoms with van der Waals surface area (Å²) < 4.78 is 0.835. The molecule has 4 heteroatoms. The molecule has 2 atom stereocenters. The summed E-state index contributed by atoms with van der Waals surface area (Å²) in [6.45, 7) is 11.1. The lowest BCUT2D eigenvalue weighted by Crippen LogP contribution is -2.62. The highest BCUT2D eigenvalue weighted by Crippen LogP contribution is 2.22. The van der Waals surface area contributed by atoms with E-state index in [1.54, 1.807) is 6.92 Å². The topological polar surface area (TPSA) is 41.5 Å². The first-order chi connectivity index (χ1) is 14.1. The molecule has 1 heterocycles. The zero-order chi connectivity index (χ0) is 21.4. The van der Waals surface area contributed by atoms with Crippen LogP contribution in [0, 0.1) is 0 Å².